The molecule has 4 heteroatoms. The number of halogens is 1. The maximum absolute atomic E-state index is 10.6. The standard InChI is InChI=1S/C5H8ClNO2/c1-3-4(8)7(2)5(6)9/h3H2,1-2H3. The van der Waals surface area contributed by atoms with E-state index in [-0.39, 0.29) is 5.91 Å². The quantitative estimate of drug-likeness (QED) is 0.415. The van der Waals surface area contributed by atoms with Crippen molar-refractivity contribution in [2.45, 2.75) is 13.3 Å². The van der Waals surface area contributed by atoms with E-state index in [0.29, 0.717) is 6.42 Å². The zero-order valence-corrected chi connectivity index (χ0v) is 6.10. The van der Waals surface area contributed by atoms with Gasteiger partial charge in [-0.15, -0.1) is 0 Å². The Morgan fingerprint density at radius 3 is 2.11 bits per heavy atom. The van der Waals surface area contributed by atoms with Gasteiger partial charge >= 0.3 is 5.37 Å². The number of imide groups is 1. The normalized spacial score (nSPS) is 8.78. The summed E-state index contributed by atoms with van der Waals surface area (Å²) in [6.07, 6.45) is 0.301. The first-order valence-corrected chi connectivity index (χ1v) is 2.93. The van der Waals surface area contributed by atoms with E-state index in [1.807, 2.05) is 0 Å². The number of amides is 2. The molecule has 0 N–H and O–H groups in total. The van der Waals surface area contributed by atoms with E-state index >= 15 is 0 Å². The molecule has 0 aromatic heterocycles. The molecule has 3 nitrogen and oxygen atoms in total. The summed E-state index contributed by atoms with van der Waals surface area (Å²) in [6, 6.07) is 0. The topological polar surface area (TPSA) is 37.4 Å². The van der Waals surface area contributed by atoms with Crippen molar-refractivity contribution in [2.24, 2.45) is 0 Å². The third kappa shape index (κ3) is 2.46. The highest BCUT2D eigenvalue weighted by Crippen LogP contribution is 1.94. The first-order valence-electron chi connectivity index (χ1n) is 2.55. The van der Waals surface area contributed by atoms with Gasteiger partial charge in [-0.05, 0) is 11.6 Å². The second-order valence-electron chi connectivity index (χ2n) is 1.56. The summed E-state index contributed by atoms with van der Waals surface area (Å²) in [5.41, 5.74) is 0. The molecule has 0 aliphatic rings. The van der Waals surface area contributed by atoms with Gasteiger partial charge in [0.15, 0.2) is 0 Å². The molecule has 0 unspecified atom stereocenters. The van der Waals surface area contributed by atoms with Crippen molar-refractivity contribution in [3.63, 3.8) is 0 Å². The molecule has 0 saturated carbocycles. The number of carbonyl (C=O) groups excluding carboxylic acids is 2. The summed E-state index contributed by atoms with van der Waals surface area (Å²) in [4.78, 5) is 21.7. The second-order valence-corrected chi connectivity index (χ2v) is 1.88. The van der Waals surface area contributed by atoms with Gasteiger partial charge in [0.1, 0.15) is 0 Å². The minimum Gasteiger partial charge on any atom is -0.274 e. The number of nitrogens with zero attached hydrogens (tertiary/aromatic N) is 1. The van der Waals surface area contributed by atoms with E-state index < -0.39 is 5.37 Å². The lowest BCUT2D eigenvalue weighted by atomic mass is 10.4. The van der Waals surface area contributed by atoms with Gasteiger partial charge in [0, 0.05) is 13.5 Å². The zero-order valence-electron chi connectivity index (χ0n) is 5.35. The molecule has 0 aliphatic heterocycles. The third-order valence-corrected chi connectivity index (χ3v) is 1.19. The number of rotatable bonds is 1. The Kier molecular flexibility index (Phi) is 3.24. The monoisotopic (exact) mass is 149 g/mol. The van der Waals surface area contributed by atoms with Crippen molar-refractivity contribution in [3.8, 4) is 0 Å². The Labute approximate surface area is 58.6 Å². The van der Waals surface area contributed by atoms with Gasteiger partial charge in [-0.1, -0.05) is 6.92 Å². The van der Waals surface area contributed by atoms with Crippen LogP contribution in [0.25, 0.3) is 0 Å². The van der Waals surface area contributed by atoms with Crippen LogP contribution in [0.2, 0.25) is 0 Å². The van der Waals surface area contributed by atoms with Gasteiger partial charge in [0.05, 0.1) is 0 Å². The minimum atomic E-state index is -0.734. The summed E-state index contributed by atoms with van der Waals surface area (Å²) < 4.78 is 0. The highest BCUT2D eigenvalue weighted by molar-refractivity contribution is 6.63. The Bertz CT molecular complexity index is 135. The van der Waals surface area contributed by atoms with Crippen molar-refractivity contribution < 1.29 is 9.59 Å². The van der Waals surface area contributed by atoms with Gasteiger partial charge in [0.25, 0.3) is 0 Å². The van der Waals surface area contributed by atoms with E-state index in [0.717, 1.165) is 4.90 Å². The average Bonchev–Trinajstić information content (AvgIpc) is 1.84. The minimum absolute atomic E-state index is 0.269. The smallest absolute Gasteiger partial charge is 0.274 e. The fourth-order valence-electron chi connectivity index (χ4n) is 0.335. The van der Waals surface area contributed by atoms with Crippen LogP contribution < -0.4 is 0 Å². The maximum Gasteiger partial charge on any atom is 0.322 e. The number of carbonyl (C=O) groups is 2. The van der Waals surface area contributed by atoms with Crippen LogP contribution in [0.5, 0.6) is 0 Å². The molecule has 0 saturated heterocycles. The van der Waals surface area contributed by atoms with Crippen molar-refractivity contribution in [1.29, 1.82) is 0 Å². The van der Waals surface area contributed by atoms with Crippen LogP contribution in [-0.4, -0.2) is 23.2 Å². The molecule has 0 spiro atoms. The molecular weight excluding hydrogens is 142 g/mol. The lowest BCUT2D eigenvalue weighted by molar-refractivity contribution is -0.126. The van der Waals surface area contributed by atoms with Crippen LogP contribution >= 0.6 is 11.6 Å². The molecule has 2 amide bonds. The van der Waals surface area contributed by atoms with Crippen LogP contribution in [-0.2, 0) is 4.79 Å². The predicted octanol–water partition coefficient (Wildman–Crippen LogP) is 1.21. The van der Waals surface area contributed by atoms with Crippen molar-refractivity contribution >= 4 is 22.9 Å². The summed E-state index contributed by atoms with van der Waals surface area (Å²) in [6.45, 7) is 1.67. The van der Waals surface area contributed by atoms with Gasteiger partial charge < -0.3 is 0 Å². The van der Waals surface area contributed by atoms with Gasteiger partial charge in [-0.2, -0.15) is 0 Å². The lowest BCUT2D eigenvalue weighted by Gasteiger charge is -2.07. The molecule has 0 aromatic carbocycles. The first-order chi connectivity index (χ1) is 4.09. The van der Waals surface area contributed by atoms with E-state index in [2.05, 4.69) is 0 Å². The van der Waals surface area contributed by atoms with Gasteiger partial charge in [-0.3, -0.25) is 14.5 Å². The van der Waals surface area contributed by atoms with Crippen LogP contribution in [0.3, 0.4) is 0 Å². The molecule has 0 fully saturated rings. The predicted molar refractivity (Wildman–Crippen MR) is 34.3 cm³/mol. The zero-order chi connectivity index (χ0) is 7.44. The van der Waals surface area contributed by atoms with E-state index in [1.165, 1.54) is 7.05 Å². The summed E-state index contributed by atoms with van der Waals surface area (Å²) in [7, 11) is 1.35. The van der Waals surface area contributed by atoms with Crippen LogP contribution in [0.1, 0.15) is 13.3 Å². The van der Waals surface area contributed by atoms with Gasteiger partial charge in [0.2, 0.25) is 5.91 Å². The summed E-state index contributed by atoms with van der Waals surface area (Å²) >= 11 is 4.97. The third-order valence-electron chi connectivity index (χ3n) is 0.940. The molecule has 0 rings (SSSR count). The number of hydrogen-bond donors (Lipinski definition) is 0. The second kappa shape index (κ2) is 3.45. The molecule has 0 radical (unpaired) electrons. The molecule has 0 aromatic rings. The van der Waals surface area contributed by atoms with Crippen molar-refractivity contribution in [2.75, 3.05) is 7.05 Å². The highest BCUT2D eigenvalue weighted by Gasteiger charge is 2.10. The maximum atomic E-state index is 10.6. The highest BCUT2D eigenvalue weighted by atomic mass is 35.5. The molecule has 0 atom stereocenters. The summed E-state index contributed by atoms with van der Waals surface area (Å²) in [5.74, 6) is -0.269. The molecule has 52 valence electrons. The van der Waals surface area contributed by atoms with Crippen LogP contribution in [0.4, 0.5) is 4.79 Å². The largest absolute Gasteiger partial charge is 0.322 e. The van der Waals surface area contributed by atoms with Gasteiger partial charge in [-0.25, -0.2) is 0 Å². The summed E-state index contributed by atoms with van der Waals surface area (Å²) in [5, 5.41) is -0.734. The Morgan fingerprint density at radius 2 is 2.00 bits per heavy atom. The molecule has 0 bridgehead atoms. The van der Waals surface area contributed by atoms with Crippen LogP contribution in [0, 0.1) is 0 Å². The Morgan fingerprint density at radius 1 is 1.56 bits per heavy atom. The molecule has 0 aliphatic carbocycles. The fourth-order valence-corrected chi connectivity index (χ4v) is 0.429. The van der Waals surface area contributed by atoms with E-state index in [4.69, 9.17) is 11.6 Å². The van der Waals surface area contributed by atoms with Crippen molar-refractivity contribution in [3.05, 3.63) is 0 Å². The van der Waals surface area contributed by atoms with E-state index in [1.54, 1.807) is 6.92 Å². The fraction of sp³-hybridized carbons (Fsp3) is 0.600. The number of hydrogen-bond acceptors (Lipinski definition) is 2. The SMILES string of the molecule is CCC(=O)N(C)C(=O)Cl. The Balaban J connectivity index is 3.88. The lowest BCUT2D eigenvalue weighted by Crippen LogP contribution is -2.27. The Hall–Kier alpha value is -0.570. The molecule has 0 heterocycles. The van der Waals surface area contributed by atoms with Crippen molar-refractivity contribution in [1.82, 2.24) is 4.90 Å². The molecular formula is C5H8ClNO2. The first kappa shape index (κ1) is 8.43. The molecule has 9 heavy (non-hydrogen) atoms. The van der Waals surface area contributed by atoms with Crippen LogP contribution in [0.15, 0.2) is 0 Å². The average molecular weight is 150 g/mol. The van der Waals surface area contributed by atoms with E-state index in [9.17, 15) is 9.59 Å².